The Kier molecular flexibility index (Phi) is 9.15. The number of rotatable bonds is 8. The summed E-state index contributed by atoms with van der Waals surface area (Å²) in [6.07, 6.45) is 3.36. The smallest absolute Gasteiger partial charge is 0.340 e. The number of nitrogens with zero attached hydrogens (tertiary/aromatic N) is 2. The first-order valence-electron chi connectivity index (χ1n) is 15.7. The van der Waals surface area contributed by atoms with Gasteiger partial charge in [0.25, 0.3) is 0 Å². The Morgan fingerprint density at radius 2 is 1.65 bits per heavy atom. The molecular formula is C37H42N4O5. The van der Waals surface area contributed by atoms with Crippen LogP contribution in [0.5, 0.6) is 0 Å². The molecule has 9 heteroatoms. The van der Waals surface area contributed by atoms with Gasteiger partial charge in [-0.05, 0) is 81.0 Å². The summed E-state index contributed by atoms with van der Waals surface area (Å²) >= 11 is 0. The van der Waals surface area contributed by atoms with E-state index < -0.39 is 11.9 Å². The predicted octanol–water partition coefficient (Wildman–Crippen LogP) is 7.67. The second-order valence-electron chi connectivity index (χ2n) is 12.2. The number of carbonyl (C=O) groups excluding carboxylic acids is 3. The summed E-state index contributed by atoms with van der Waals surface area (Å²) < 4.78 is 10.4. The first-order valence-corrected chi connectivity index (χ1v) is 15.7. The SMILES string of the molecule is C=Cc1c(C)c2cc3nc(c(CC(=O)OC)c4[nH]c(cc5nc(cc1[nH]2)C(C)=C5CC)c(C)c4C(=O)OC)[C@@H](CCC(C)=O)[C@@H]3C. The van der Waals surface area contributed by atoms with E-state index in [-0.39, 0.29) is 24.0 Å². The molecule has 0 amide bonds. The van der Waals surface area contributed by atoms with Crippen molar-refractivity contribution in [3.63, 3.8) is 0 Å². The molecular weight excluding hydrogens is 580 g/mol. The van der Waals surface area contributed by atoms with E-state index in [4.69, 9.17) is 19.4 Å². The van der Waals surface area contributed by atoms with Crippen LogP contribution in [0.15, 0.2) is 24.8 Å². The number of Topliss-reactive ketones (excluding diaryl/α,β-unsaturated/α-hetero) is 1. The maximum absolute atomic E-state index is 13.4. The first kappa shape index (κ1) is 32.6. The van der Waals surface area contributed by atoms with Gasteiger partial charge in [0, 0.05) is 51.6 Å². The summed E-state index contributed by atoms with van der Waals surface area (Å²) in [6, 6.07) is 6.04. The van der Waals surface area contributed by atoms with Gasteiger partial charge < -0.3 is 24.2 Å². The van der Waals surface area contributed by atoms with Gasteiger partial charge >= 0.3 is 11.9 Å². The highest BCUT2D eigenvalue weighted by Crippen LogP contribution is 2.43. The number of nitrogens with one attached hydrogen (secondary N) is 2. The van der Waals surface area contributed by atoms with Gasteiger partial charge in [0.15, 0.2) is 0 Å². The second kappa shape index (κ2) is 12.9. The number of hydrogen-bond donors (Lipinski definition) is 2. The zero-order chi connectivity index (χ0) is 33.4. The van der Waals surface area contributed by atoms with E-state index in [2.05, 4.69) is 43.4 Å². The third kappa shape index (κ3) is 5.70. The van der Waals surface area contributed by atoms with Gasteiger partial charge in [-0.15, -0.1) is 0 Å². The van der Waals surface area contributed by atoms with Crippen molar-refractivity contribution in [2.45, 2.75) is 79.1 Å². The number of fused-ring (bicyclic) bond motifs is 8. The number of H-pyrrole nitrogens is 2. The van der Waals surface area contributed by atoms with Crippen LogP contribution in [-0.2, 0) is 25.5 Å². The molecule has 2 N–H and O–H groups in total. The number of carbonyl (C=O) groups is 3. The van der Waals surface area contributed by atoms with E-state index in [9.17, 15) is 14.4 Å². The van der Waals surface area contributed by atoms with Crippen LogP contribution in [-0.4, -0.2) is 51.9 Å². The molecule has 3 aromatic heterocycles. The van der Waals surface area contributed by atoms with Gasteiger partial charge in [-0.3, -0.25) is 9.78 Å². The third-order valence-corrected chi connectivity index (χ3v) is 9.48. The van der Waals surface area contributed by atoms with Crippen LogP contribution >= 0.6 is 0 Å². The van der Waals surface area contributed by atoms with Gasteiger partial charge in [0.1, 0.15) is 5.78 Å². The quantitative estimate of drug-likeness (QED) is 0.247. The lowest BCUT2D eigenvalue weighted by molar-refractivity contribution is -0.139. The predicted molar refractivity (Wildman–Crippen MR) is 181 cm³/mol. The van der Waals surface area contributed by atoms with Crippen molar-refractivity contribution in [2.24, 2.45) is 0 Å². The molecule has 5 rings (SSSR count). The lowest BCUT2D eigenvalue weighted by Gasteiger charge is -2.17. The summed E-state index contributed by atoms with van der Waals surface area (Å²) in [5, 5.41) is 0. The Hall–Kier alpha value is -4.79. The fourth-order valence-electron chi connectivity index (χ4n) is 6.76. The zero-order valence-electron chi connectivity index (χ0n) is 27.9. The van der Waals surface area contributed by atoms with Gasteiger partial charge in [-0.25, -0.2) is 9.78 Å². The lowest BCUT2D eigenvalue weighted by Crippen LogP contribution is -2.12. The summed E-state index contributed by atoms with van der Waals surface area (Å²) in [4.78, 5) is 55.9. The Balaban J connectivity index is 2.05. The molecule has 0 saturated heterocycles. The Morgan fingerprint density at radius 3 is 2.28 bits per heavy atom. The molecule has 0 spiro atoms. The molecule has 5 heterocycles. The number of aryl methyl sites for hydroxylation is 2. The molecule has 0 unspecified atom stereocenters. The molecule has 0 aromatic carbocycles. The molecule has 2 aliphatic rings. The van der Waals surface area contributed by atoms with Crippen molar-refractivity contribution in [3.8, 4) is 0 Å². The van der Waals surface area contributed by atoms with Gasteiger partial charge in [0.2, 0.25) is 0 Å². The largest absolute Gasteiger partial charge is 0.469 e. The Labute approximate surface area is 269 Å². The van der Waals surface area contributed by atoms with Gasteiger partial charge in [-0.1, -0.05) is 26.5 Å². The minimum absolute atomic E-state index is 0.0687. The molecule has 46 heavy (non-hydrogen) atoms. The molecule has 240 valence electrons. The number of ether oxygens (including phenoxy) is 2. The van der Waals surface area contributed by atoms with Crippen molar-refractivity contribution in [2.75, 3.05) is 14.2 Å². The van der Waals surface area contributed by atoms with Crippen LogP contribution in [0.4, 0.5) is 0 Å². The van der Waals surface area contributed by atoms with Crippen LogP contribution in [0.3, 0.4) is 0 Å². The molecule has 9 nitrogen and oxygen atoms in total. The number of esters is 2. The van der Waals surface area contributed by atoms with Crippen LogP contribution in [0.1, 0.15) is 114 Å². The molecule has 0 radical (unpaired) electrons. The van der Waals surface area contributed by atoms with Crippen molar-refractivity contribution in [1.82, 2.24) is 19.9 Å². The Bertz CT molecular complexity index is 1980. The maximum Gasteiger partial charge on any atom is 0.340 e. The molecule has 0 saturated carbocycles. The molecule has 2 atom stereocenters. The van der Waals surface area contributed by atoms with Crippen LogP contribution < -0.4 is 0 Å². The monoisotopic (exact) mass is 622 g/mol. The number of aromatic nitrogens is 4. The van der Waals surface area contributed by atoms with E-state index in [1.807, 2.05) is 32.1 Å². The fraction of sp³-hybridized carbons (Fsp3) is 0.378. The fourth-order valence-corrected chi connectivity index (χ4v) is 6.76. The average Bonchev–Trinajstić information content (AvgIpc) is 3.71. The number of hydrogen-bond acceptors (Lipinski definition) is 7. The molecule has 0 aliphatic carbocycles. The summed E-state index contributed by atoms with van der Waals surface area (Å²) in [5.74, 6) is -1.22. The van der Waals surface area contributed by atoms with Gasteiger partial charge in [0.05, 0.1) is 48.8 Å². The summed E-state index contributed by atoms with van der Waals surface area (Å²) in [7, 11) is 2.68. The molecule has 3 aromatic rings. The van der Waals surface area contributed by atoms with Crippen molar-refractivity contribution in [1.29, 1.82) is 0 Å². The highest BCUT2D eigenvalue weighted by atomic mass is 16.5. The summed E-state index contributed by atoms with van der Waals surface area (Å²) in [5.41, 5.74) is 11.7. The van der Waals surface area contributed by atoms with E-state index >= 15 is 0 Å². The Morgan fingerprint density at radius 1 is 0.957 bits per heavy atom. The van der Waals surface area contributed by atoms with Crippen LogP contribution in [0.2, 0.25) is 0 Å². The second-order valence-corrected chi connectivity index (χ2v) is 12.2. The van der Waals surface area contributed by atoms with Crippen molar-refractivity contribution in [3.05, 3.63) is 75.4 Å². The van der Waals surface area contributed by atoms with E-state index in [0.717, 1.165) is 56.8 Å². The minimum atomic E-state index is -0.533. The number of ketones is 1. The van der Waals surface area contributed by atoms with E-state index in [0.29, 0.717) is 46.3 Å². The number of allylic oxidation sites excluding steroid dienone is 2. The lowest BCUT2D eigenvalue weighted by atomic mass is 9.84. The van der Waals surface area contributed by atoms with Crippen LogP contribution in [0.25, 0.3) is 39.3 Å². The maximum atomic E-state index is 13.4. The van der Waals surface area contributed by atoms with Crippen LogP contribution in [0, 0.1) is 13.8 Å². The van der Waals surface area contributed by atoms with Crippen molar-refractivity contribution < 1.29 is 23.9 Å². The zero-order valence-corrected chi connectivity index (χ0v) is 27.9. The first-order chi connectivity index (χ1) is 21.9. The normalized spacial score (nSPS) is 16.0. The average molecular weight is 623 g/mol. The van der Waals surface area contributed by atoms with Gasteiger partial charge in [-0.2, -0.15) is 0 Å². The number of aromatic amines is 2. The minimum Gasteiger partial charge on any atom is -0.469 e. The number of methoxy groups -OCH3 is 2. The highest BCUT2D eigenvalue weighted by molar-refractivity contribution is 6.03. The molecule has 8 bridgehead atoms. The topological polar surface area (TPSA) is 127 Å². The third-order valence-electron chi connectivity index (χ3n) is 9.48. The highest BCUT2D eigenvalue weighted by Gasteiger charge is 2.33. The van der Waals surface area contributed by atoms with E-state index in [1.54, 1.807) is 6.92 Å². The summed E-state index contributed by atoms with van der Waals surface area (Å²) in [6.45, 7) is 15.8. The van der Waals surface area contributed by atoms with E-state index in [1.165, 1.54) is 14.2 Å². The van der Waals surface area contributed by atoms with Crippen molar-refractivity contribution >= 4 is 57.0 Å². The molecule has 2 aliphatic heterocycles. The molecule has 0 fully saturated rings. The standard InChI is InChI=1S/C37H42N4O5/c1-10-23-19(4)27-15-29-21(6)25(13-12-18(3)42)35(40-29)26(14-33(43)45-8)36-34(37(44)46-9)22(7)30(41-36)17-32-24(11-2)20(5)28(39-32)16-31(23)38-27/h10,15-17,21,25,38,41H,1,11-14H2,2-9H3/t21-,25-/m0/s1.